The molecule has 0 saturated heterocycles. The van der Waals surface area contributed by atoms with Crippen LogP contribution in [-0.4, -0.2) is 32.2 Å². The number of carbonyl (C=O) groups excluding carboxylic acids is 2. The van der Waals surface area contributed by atoms with Gasteiger partial charge in [0.2, 0.25) is 0 Å². The fraction of sp³-hybridized carbons (Fsp3) is 0.333. The van der Waals surface area contributed by atoms with Crippen molar-refractivity contribution in [2.45, 2.75) is 26.7 Å². The number of carbonyl (C=O) groups is 2. The number of hydrogen-bond acceptors (Lipinski definition) is 5. The van der Waals surface area contributed by atoms with Crippen LogP contribution in [-0.2, 0) is 4.74 Å². The number of ether oxygens (including phenoxy) is 3. The van der Waals surface area contributed by atoms with Crippen molar-refractivity contribution >= 4 is 40.8 Å². The van der Waals surface area contributed by atoms with Gasteiger partial charge in [0, 0.05) is 17.3 Å². The SMILES string of the molecule is CCCCOC(=O)c1ccc(NC(=O)c2cc(Cl)c(OCC)c(Cl)c2)cc1OC. The molecule has 0 saturated carbocycles. The van der Waals surface area contributed by atoms with Gasteiger partial charge in [-0.15, -0.1) is 0 Å². The van der Waals surface area contributed by atoms with E-state index < -0.39 is 11.9 Å². The van der Waals surface area contributed by atoms with E-state index >= 15 is 0 Å². The summed E-state index contributed by atoms with van der Waals surface area (Å²) in [6.07, 6.45) is 1.71. The molecule has 2 aromatic carbocycles. The van der Waals surface area contributed by atoms with Gasteiger partial charge in [-0.2, -0.15) is 0 Å². The Morgan fingerprint density at radius 2 is 1.76 bits per heavy atom. The van der Waals surface area contributed by atoms with E-state index in [4.69, 9.17) is 37.4 Å². The van der Waals surface area contributed by atoms with Crippen molar-refractivity contribution in [1.29, 1.82) is 0 Å². The Hall–Kier alpha value is -2.44. The molecule has 0 spiro atoms. The Kier molecular flexibility index (Phi) is 8.61. The van der Waals surface area contributed by atoms with Crippen LogP contribution in [0.3, 0.4) is 0 Å². The van der Waals surface area contributed by atoms with Gasteiger partial charge in [0.25, 0.3) is 5.91 Å². The number of rotatable bonds is 9. The van der Waals surface area contributed by atoms with E-state index in [2.05, 4.69) is 5.32 Å². The minimum Gasteiger partial charge on any atom is -0.496 e. The summed E-state index contributed by atoms with van der Waals surface area (Å²) in [4.78, 5) is 24.8. The molecule has 29 heavy (non-hydrogen) atoms. The first-order valence-corrected chi connectivity index (χ1v) is 9.95. The molecule has 0 bridgehead atoms. The Balaban J connectivity index is 2.17. The second-order valence-electron chi connectivity index (χ2n) is 6.06. The Labute approximate surface area is 180 Å². The van der Waals surface area contributed by atoms with E-state index in [9.17, 15) is 9.59 Å². The summed E-state index contributed by atoms with van der Waals surface area (Å²) in [7, 11) is 1.44. The lowest BCUT2D eigenvalue weighted by atomic mass is 10.1. The van der Waals surface area contributed by atoms with Crippen molar-refractivity contribution in [2.75, 3.05) is 25.6 Å². The number of esters is 1. The molecule has 1 amide bonds. The van der Waals surface area contributed by atoms with Crippen molar-refractivity contribution in [3.05, 3.63) is 51.5 Å². The highest BCUT2D eigenvalue weighted by Gasteiger charge is 2.17. The van der Waals surface area contributed by atoms with Crippen molar-refractivity contribution < 1.29 is 23.8 Å². The fourth-order valence-electron chi connectivity index (χ4n) is 2.50. The summed E-state index contributed by atoms with van der Waals surface area (Å²) in [5, 5.41) is 3.21. The summed E-state index contributed by atoms with van der Waals surface area (Å²) < 4.78 is 15.8. The van der Waals surface area contributed by atoms with Gasteiger partial charge in [-0.1, -0.05) is 36.5 Å². The first kappa shape index (κ1) is 22.8. The molecule has 0 fully saturated rings. The molecule has 6 nitrogen and oxygen atoms in total. The topological polar surface area (TPSA) is 73.9 Å². The van der Waals surface area contributed by atoms with Gasteiger partial charge in [0.15, 0.2) is 5.75 Å². The van der Waals surface area contributed by atoms with E-state index in [1.165, 1.54) is 19.2 Å². The molecule has 0 aliphatic carbocycles. The number of amides is 1. The molecule has 2 rings (SSSR count). The van der Waals surface area contributed by atoms with Gasteiger partial charge in [-0.25, -0.2) is 4.79 Å². The highest BCUT2D eigenvalue weighted by molar-refractivity contribution is 6.37. The second-order valence-corrected chi connectivity index (χ2v) is 6.88. The molecular formula is C21H23Cl2NO5. The Morgan fingerprint density at radius 1 is 1.07 bits per heavy atom. The molecule has 8 heteroatoms. The van der Waals surface area contributed by atoms with Crippen molar-refractivity contribution in [1.82, 2.24) is 0 Å². The molecule has 0 aliphatic heterocycles. The molecule has 2 aromatic rings. The van der Waals surface area contributed by atoms with E-state index in [-0.39, 0.29) is 21.2 Å². The number of anilines is 1. The molecule has 156 valence electrons. The Morgan fingerprint density at radius 3 is 2.34 bits per heavy atom. The summed E-state index contributed by atoms with van der Waals surface area (Å²) in [5.41, 5.74) is 0.998. The molecular weight excluding hydrogens is 417 g/mol. The van der Waals surface area contributed by atoms with Gasteiger partial charge in [-0.3, -0.25) is 4.79 Å². The third kappa shape index (κ3) is 6.02. The summed E-state index contributed by atoms with van der Waals surface area (Å²) in [6.45, 7) is 4.56. The van der Waals surface area contributed by atoms with Gasteiger partial charge >= 0.3 is 5.97 Å². The minimum absolute atomic E-state index is 0.243. The normalized spacial score (nSPS) is 10.4. The molecule has 0 aromatic heterocycles. The zero-order chi connectivity index (χ0) is 21.4. The predicted octanol–water partition coefficient (Wildman–Crippen LogP) is 5.61. The summed E-state index contributed by atoms with van der Waals surface area (Å²) >= 11 is 12.3. The lowest BCUT2D eigenvalue weighted by Crippen LogP contribution is -2.13. The van der Waals surface area contributed by atoms with Crippen LogP contribution in [0.4, 0.5) is 5.69 Å². The van der Waals surface area contributed by atoms with Crippen LogP contribution in [0.15, 0.2) is 30.3 Å². The molecule has 1 N–H and O–H groups in total. The van der Waals surface area contributed by atoms with Crippen LogP contribution in [0, 0.1) is 0 Å². The molecule has 0 heterocycles. The molecule has 0 atom stereocenters. The van der Waals surface area contributed by atoms with Crippen LogP contribution in [0.1, 0.15) is 47.4 Å². The highest BCUT2D eigenvalue weighted by Crippen LogP contribution is 2.34. The molecule has 0 unspecified atom stereocenters. The van der Waals surface area contributed by atoms with Crippen molar-refractivity contribution in [2.24, 2.45) is 0 Å². The number of halogens is 2. The maximum Gasteiger partial charge on any atom is 0.341 e. The number of nitrogens with one attached hydrogen (secondary N) is 1. The van der Waals surface area contributed by atoms with Crippen LogP contribution >= 0.6 is 23.2 Å². The van der Waals surface area contributed by atoms with Crippen LogP contribution < -0.4 is 14.8 Å². The maximum atomic E-state index is 12.6. The predicted molar refractivity (Wildman–Crippen MR) is 114 cm³/mol. The third-order valence-electron chi connectivity index (χ3n) is 3.96. The first-order chi connectivity index (χ1) is 13.9. The zero-order valence-electron chi connectivity index (χ0n) is 16.5. The van der Waals surface area contributed by atoms with E-state index in [1.54, 1.807) is 18.2 Å². The number of benzene rings is 2. The standard InChI is InChI=1S/C21H23Cl2NO5/c1-4-6-9-29-21(26)15-8-7-14(12-18(15)27-3)24-20(25)13-10-16(22)19(28-5-2)17(23)11-13/h7-8,10-12H,4-6,9H2,1-3H3,(H,24,25). The Bertz CT molecular complexity index is 862. The number of unbranched alkanes of at least 4 members (excludes halogenated alkanes) is 1. The van der Waals surface area contributed by atoms with Gasteiger partial charge < -0.3 is 19.5 Å². The smallest absolute Gasteiger partial charge is 0.341 e. The van der Waals surface area contributed by atoms with Gasteiger partial charge in [-0.05, 0) is 37.6 Å². The quantitative estimate of drug-likeness (QED) is 0.405. The van der Waals surface area contributed by atoms with Gasteiger partial charge in [0.05, 0.1) is 30.4 Å². The largest absolute Gasteiger partial charge is 0.496 e. The number of hydrogen-bond donors (Lipinski definition) is 1. The number of methoxy groups -OCH3 is 1. The third-order valence-corrected chi connectivity index (χ3v) is 4.52. The van der Waals surface area contributed by atoms with Crippen LogP contribution in [0.2, 0.25) is 10.0 Å². The van der Waals surface area contributed by atoms with Crippen LogP contribution in [0.5, 0.6) is 11.5 Å². The lowest BCUT2D eigenvalue weighted by molar-refractivity contribution is 0.0496. The maximum absolute atomic E-state index is 12.6. The minimum atomic E-state index is -0.474. The lowest BCUT2D eigenvalue weighted by Gasteiger charge is -2.13. The fourth-order valence-corrected chi connectivity index (χ4v) is 3.10. The molecule has 0 radical (unpaired) electrons. The average molecular weight is 440 g/mol. The van der Waals surface area contributed by atoms with E-state index in [0.29, 0.717) is 30.4 Å². The highest BCUT2D eigenvalue weighted by atomic mass is 35.5. The second kappa shape index (κ2) is 10.9. The zero-order valence-corrected chi connectivity index (χ0v) is 18.0. The molecule has 0 aliphatic rings. The van der Waals surface area contributed by atoms with E-state index in [1.807, 2.05) is 13.8 Å². The van der Waals surface area contributed by atoms with Crippen molar-refractivity contribution in [3.8, 4) is 11.5 Å². The first-order valence-electron chi connectivity index (χ1n) is 9.19. The van der Waals surface area contributed by atoms with E-state index in [0.717, 1.165) is 12.8 Å². The summed E-state index contributed by atoms with van der Waals surface area (Å²) in [6, 6.07) is 7.64. The average Bonchev–Trinajstić information content (AvgIpc) is 2.70. The monoisotopic (exact) mass is 439 g/mol. The van der Waals surface area contributed by atoms with Crippen molar-refractivity contribution in [3.63, 3.8) is 0 Å². The van der Waals surface area contributed by atoms with Crippen LogP contribution in [0.25, 0.3) is 0 Å². The van der Waals surface area contributed by atoms with Gasteiger partial charge in [0.1, 0.15) is 11.3 Å². The summed E-state index contributed by atoms with van der Waals surface area (Å²) in [5.74, 6) is -0.262.